The fourth-order valence-electron chi connectivity index (χ4n) is 3.36. The van der Waals surface area contributed by atoms with Gasteiger partial charge >= 0.3 is 0 Å². The molecule has 3 rings (SSSR count). The topological polar surface area (TPSA) is 46.3 Å². The third-order valence-electron chi connectivity index (χ3n) is 4.68. The molecular weight excluding hydrogens is 308 g/mol. The van der Waals surface area contributed by atoms with Gasteiger partial charge in [-0.15, -0.1) is 0 Å². The number of rotatable bonds is 3. The van der Waals surface area contributed by atoms with Gasteiger partial charge in [0.25, 0.3) is 0 Å². The SMILES string of the molecule is C[C@H]1c2ccccc2CCN1C(=O)Cc1c(Cl)cccc1CN. The number of carbonyl (C=O) groups is 1. The molecule has 4 heteroatoms. The minimum absolute atomic E-state index is 0.0938. The van der Waals surface area contributed by atoms with Gasteiger partial charge in [-0.25, -0.2) is 0 Å². The first kappa shape index (κ1) is 16.0. The zero-order valence-corrected chi connectivity index (χ0v) is 14.0. The minimum Gasteiger partial charge on any atom is -0.335 e. The van der Waals surface area contributed by atoms with Crippen LogP contribution in [0.15, 0.2) is 42.5 Å². The summed E-state index contributed by atoms with van der Waals surface area (Å²) in [4.78, 5) is 14.8. The number of carbonyl (C=O) groups excluding carboxylic acids is 1. The lowest BCUT2D eigenvalue weighted by molar-refractivity contribution is -0.133. The lowest BCUT2D eigenvalue weighted by Gasteiger charge is -2.35. The lowest BCUT2D eigenvalue weighted by Crippen LogP contribution is -2.39. The maximum absolute atomic E-state index is 12.8. The van der Waals surface area contributed by atoms with E-state index in [2.05, 4.69) is 25.1 Å². The highest BCUT2D eigenvalue weighted by molar-refractivity contribution is 6.31. The number of benzene rings is 2. The van der Waals surface area contributed by atoms with Gasteiger partial charge in [-0.3, -0.25) is 4.79 Å². The monoisotopic (exact) mass is 328 g/mol. The third kappa shape index (κ3) is 3.12. The zero-order valence-electron chi connectivity index (χ0n) is 13.3. The molecule has 1 heterocycles. The second-order valence-electron chi connectivity index (χ2n) is 5.97. The van der Waals surface area contributed by atoms with Crippen LogP contribution in [0, 0.1) is 0 Å². The van der Waals surface area contributed by atoms with Crippen LogP contribution in [0.4, 0.5) is 0 Å². The first-order chi connectivity index (χ1) is 11.1. The summed E-state index contributed by atoms with van der Waals surface area (Å²) in [7, 11) is 0. The second-order valence-corrected chi connectivity index (χ2v) is 6.38. The molecule has 0 spiro atoms. The van der Waals surface area contributed by atoms with Gasteiger partial charge < -0.3 is 10.6 Å². The molecule has 2 aromatic rings. The number of nitrogens with two attached hydrogens (primary N) is 1. The van der Waals surface area contributed by atoms with E-state index in [1.807, 2.05) is 29.2 Å². The number of halogens is 1. The molecule has 0 saturated carbocycles. The molecule has 1 atom stereocenters. The van der Waals surface area contributed by atoms with Crippen molar-refractivity contribution >= 4 is 17.5 Å². The first-order valence-electron chi connectivity index (χ1n) is 7.95. The molecule has 23 heavy (non-hydrogen) atoms. The van der Waals surface area contributed by atoms with E-state index in [0.717, 1.165) is 24.1 Å². The molecule has 1 aliphatic heterocycles. The third-order valence-corrected chi connectivity index (χ3v) is 5.03. The summed E-state index contributed by atoms with van der Waals surface area (Å²) < 4.78 is 0. The van der Waals surface area contributed by atoms with Gasteiger partial charge in [0.1, 0.15) is 0 Å². The molecule has 0 bridgehead atoms. The summed E-state index contributed by atoms with van der Waals surface area (Å²) in [6.07, 6.45) is 1.21. The van der Waals surface area contributed by atoms with Crippen molar-refractivity contribution in [1.82, 2.24) is 4.90 Å². The molecule has 0 aromatic heterocycles. The summed E-state index contributed by atoms with van der Waals surface area (Å²) >= 11 is 6.28. The van der Waals surface area contributed by atoms with Crippen molar-refractivity contribution in [3.63, 3.8) is 0 Å². The van der Waals surface area contributed by atoms with Crippen molar-refractivity contribution in [2.75, 3.05) is 6.54 Å². The van der Waals surface area contributed by atoms with Crippen molar-refractivity contribution < 1.29 is 4.79 Å². The largest absolute Gasteiger partial charge is 0.335 e. The molecule has 1 aliphatic rings. The highest BCUT2D eigenvalue weighted by Crippen LogP contribution is 2.30. The van der Waals surface area contributed by atoms with Crippen LogP contribution in [0.2, 0.25) is 5.02 Å². The summed E-state index contributed by atoms with van der Waals surface area (Å²) in [6, 6.07) is 14.1. The van der Waals surface area contributed by atoms with Gasteiger partial charge in [-0.2, -0.15) is 0 Å². The quantitative estimate of drug-likeness (QED) is 0.937. The van der Waals surface area contributed by atoms with Gasteiger partial charge in [0.15, 0.2) is 0 Å². The van der Waals surface area contributed by atoms with E-state index in [-0.39, 0.29) is 11.9 Å². The van der Waals surface area contributed by atoms with E-state index in [4.69, 9.17) is 17.3 Å². The van der Waals surface area contributed by atoms with Crippen molar-refractivity contribution in [3.05, 3.63) is 69.7 Å². The molecule has 0 fully saturated rings. The predicted octanol–water partition coefficient (Wildman–Crippen LogP) is 3.49. The lowest BCUT2D eigenvalue weighted by atomic mass is 9.93. The number of hydrogen-bond acceptors (Lipinski definition) is 2. The van der Waals surface area contributed by atoms with Crippen LogP contribution in [0.25, 0.3) is 0 Å². The van der Waals surface area contributed by atoms with E-state index in [0.29, 0.717) is 18.0 Å². The molecule has 0 radical (unpaired) electrons. The standard InChI is InChI=1S/C19H21ClN2O/c1-13-16-7-3-2-5-14(16)9-10-22(13)19(23)11-17-15(12-21)6-4-8-18(17)20/h2-8,13H,9-12,21H2,1H3/t13-/m0/s1. The predicted molar refractivity (Wildman–Crippen MR) is 93.3 cm³/mol. The summed E-state index contributed by atoms with van der Waals surface area (Å²) in [6.45, 7) is 3.23. The molecule has 0 aliphatic carbocycles. The second kappa shape index (κ2) is 6.73. The number of nitrogens with zero attached hydrogens (tertiary/aromatic N) is 1. The van der Waals surface area contributed by atoms with E-state index < -0.39 is 0 Å². The first-order valence-corrected chi connectivity index (χ1v) is 8.33. The number of amides is 1. The Bertz CT molecular complexity index is 729. The Hall–Kier alpha value is -1.84. The van der Waals surface area contributed by atoms with Crippen LogP contribution in [0.3, 0.4) is 0 Å². The number of fused-ring (bicyclic) bond motifs is 1. The average Bonchev–Trinajstić information content (AvgIpc) is 2.57. The van der Waals surface area contributed by atoms with Crippen LogP contribution in [-0.2, 0) is 24.2 Å². The summed E-state index contributed by atoms with van der Waals surface area (Å²) in [5.41, 5.74) is 10.2. The molecule has 0 saturated heterocycles. The maximum atomic E-state index is 12.8. The summed E-state index contributed by atoms with van der Waals surface area (Å²) in [5, 5.41) is 0.617. The van der Waals surface area contributed by atoms with Gasteiger partial charge in [0.05, 0.1) is 12.5 Å². The highest BCUT2D eigenvalue weighted by Gasteiger charge is 2.27. The van der Waals surface area contributed by atoms with E-state index >= 15 is 0 Å². The smallest absolute Gasteiger partial charge is 0.227 e. The van der Waals surface area contributed by atoms with Crippen LogP contribution < -0.4 is 5.73 Å². The maximum Gasteiger partial charge on any atom is 0.227 e. The molecule has 3 nitrogen and oxygen atoms in total. The zero-order chi connectivity index (χ0) is 16.4. The van der Waals surface area contributed by atoms with Gasteiger partial charge in [0.2, 0.25) is 5.91 Å². The van der Waals surface area contributed by atoms with Crippen LogP contribution in [-0.4, -0.2) is 17.4 Å². The fourth-order valence-corrected chi connectivity index (χ4v) is 3.62. The Morgan fingerprint density at radius 2 is 2.04 bits per heavy atom. The molecular formula is C19H21ClN2O. The van der Waals surface area contributed by atoms with Crippen LogP contribution in [0.1, 0.15) is 35.2 Å². The van der Waals surface area contributed by atoms with E-state index in [1.165, 1.54) is 11.1 Å². The summed E-state index contributed by atoms with van der Waals surface area (Å²) in [5.74, 6) is 0.106. The Balaban J connectivity index is 1.83. The Kier molecular flexibility index (Phi) is 4.69. The normalized spacial score (nSPS) is 17.0. The van der Waals surface area contributed by atoms with E-state index in [9.17, 15) is 4.79 Å². The van der Waals surface area contributed by atoms with Gasteiger partial charge in [-0.05, 0) is 41.7 Å². The van der Waals surface area contributed by atoms with Crippen LogP contribution in [0.5, 0.6) is 0 Å². The van der Waals surface area contributed by atoms with Crippen LogP contribution >= 0.6 is 11.6 Å². The number of hydrogen-bond donors (Lipinski definition) is 1. The average molecular weight is 329 g/mol. The Morgan fingerprint density at radius 1 is 1.26 bits per heavy atom. The van der Waals surface area contributed by atoms with Gasteiger partial charge in [-0.1, -0.05) is 48.0 Å². The van der Waals surface area contributed by atoms with Crippen molar-refractivity contribution in [2.24, 2.45) is 5.73 Å². The Labute approximate surface area is 142 Å². The Morgan fingerprint density at radius 3 is 2.83 bits per heavy atom. The van der Waals surface area contributed by atoms with Crippen molar-refractivity contribution in [1.29, 1.82) is 0 Å². The van der Waals surface area contributed by atoms with E-state index in [1.54, 1.807) is 0 Å². The molecule has 1 amide bonds. The fraction of sp³-hybridized carbons (Fsp3) is 0.316. The van der Waals surface area contributed by atoms with Crippen molar-refractivity contribution in [2.45, 2.75) is 32.4 Å². The minimum atomic E-state index is 0.0938. The molecule has 2 aromatic carbocycles. The van der Waals surface area contributed by atoms with Crippen molar-refractivity contribution in [3.8, 4) is 0 Å². The highest BCUT2D eigenvalue weighted by atomic mass is 35.5. The molecule has 120 valence electrons. The molecule has 0 unspecified atom stereocenters. The van der Waals surface area contributed by atoms with Gasteiger partial charge in [0, 0.05) is 18.1 Å². The molecule has 2 N–H and O–H groups in total.